The van der Waals surface area contributed by atoms with Crippen LogP contribution in [-0.4, -0.2) is 48.8 Å². The number of piperazine rings is 1. The van der Waals surface area contributed by atoms with E-state index in [4.69, 9.17) is 4.74 Å². The van der Waals surface area contributed by atoms with E-state index >= 15 is 0 Å². The molecule has 2 heterocycles. The zero-order valence-corrected chi connectivity index (χ0v) is 15.5. The van der Waals surface area contributed by atoms with E-state index in [0.717, 1.165) is 17.8 Å². The maximum Gasteiger partial charge on any atom is 0.417 e. The average Bonchev–Trinajstić information content (AvgIpc) is 2.72. The molecule has 0 bridgehead atoms. The summed E-state index contributed by atoms with van der Waals surface area (Å²) >= 11 is 0. The molecule has 8 heteroatoms. The van der Waals surface area contributed by atoms with Gasteiger partial charge < -0.3 is 14.5 Å². The first-order valence-electron chi connectivity index (χ1n) is 9.09. The van der Waals surface area contributed by atoms with Gasteiger partial charge in [0.2, 0.25) is 0 Å². The number of benzene rings is 1. The molecule has 1 aliphatic rings. The number of carbonyl (C=O) groups is 1. The summed E-state index contributed by atoms with van der Waals surface area (Å²) in [4.78, 5) is 19.6. The standard InChI is InChI=1S/C20H22F3N3O2/c1-15(16-5-3-2-4-6-16)14-28-19(27)26-11-9-25(10-12-26)18-8-7-17(13-24-18)20(21,22)23/h2-8,13,15H,9-12,14H2,1H3. The number of ether oxygens (including phenoxy) is 1. The van der Waals surface area contributed by atoms with Crippen LogP contribution in [0.25, 0.3) is 0 Å². The summed E-state index contributed by atoms with van der Waals surface area (Å²) < 4.78 is 43.3. The topological polar surface area (TPSA) is 45.7 Å². The number of hydrogen-bond acceptors (Lipinski definition) is 4. The van der Waals surface area contributed by atoms with Gasteiger partial charge in [0.1, 0.15) is 5.82 Å². The fourth-order valence-electron chi connectivity index (χ4n) is 3.02. The maximum atomic E-state index is 12.6. The van der Waals surface area contributed by atoms with Crippen molar-refractivity contribution < 1.29 is 22.7 Å². The fraction of sp³-hybridized carbons (Fsp3) is 0.400. The normalized spacial score (nSPS) is 16.0. The van der Waals surface area contributed by atoms with Crippen LogP contribution in [0.4, 0.5) is 23.8 Å². The molecule has 0 spiro atoms. The third-order valence-electron chi connectivity index (χ3n) is 4.76. The highest BCUT2D eigenvalue weighted by Gasteiger charge is 2.31. The lowest BCUT2D eigenvalue weighted by atomic mass is 10.0. The minimum atomic E-state index is -4.40. The highest BCUT2D eigenvalue weighted by molar-refractivity contribution is 5.68. The summed E-state index contributed by atoms with van der Waals surface area (Å²) in [5.41, 5.74) is 0.333. The Morgan fingerprint density at radius 1 is 1.11 bits per heavy atom. The Kier molecular flexibility index (Phi) is 6.06. The zero-order chi connectivity index (χ0) is 20.1. The second-order valence-electron chi connectivity index (χ2n) is 6.77. The molecule has 1 unspecified atom stereocenters. The molecule has 1 aliphatic heterocycles. The van der Waals surface area contributed by atoms with Crippen LogP contribution in [0.2, 0.25) is 0 Å². The average molecular weight is 393 g/mol. The first kappa shape index (κ1) is 20.0. The minimum Gasteiger partial charge on any atom is -0.449 e. The third-order valence-corrected chi connectivity index (χ3v) is 4.76. The number of alkyl halides is 3. The van der Waals surface area contributed by atoms with Crippen LogP contribution in [0.5, 0.6) is 0 Å². The summed E-state index contributed by atoms with van der Waals surface area (Å²) in [5.74, 6) is 0.571. The number of pyridine rings is 1. The molecule has 150 valence electrons. The number of rotatable bonds is 4. The van der Waals surface area contributed by atoms with Crippen molar-refractivity contribution in [2.75, 3.05) is 37.7 Å². The lowest BCUT2D eigenvalue weighted by Crippen LogP contribution is -2.49. The van der Waals surface area contributed by atoms with Crippen LogP contribution in [0.15, 0.2) is 48.7 Å². The van der Waals surface area contributed by atoms with Crippen molar-refractivity contribution in [3.05, 3.63) is 59.8 Å². The lowest BCUT2D eigenvalue weighted by molar-refractivity contribution is -0.137. The number of halogens is 3. The van der Waals surface area contributed by atoms with Gasteiger partial charge in [0.05, 0.1) is 12.2 Å². The van der Waals surface area contributed by atoms with Gasteiger partial charge in [-0.05, 0) is 17.7 Å². The van der Waals surface area contributed by atoms with Crippen molar-refractivity contribution in [1.29, 1.82) is 0 Å². The van der Waals surface area contributed by atoms with Crippen molar-refractivity contribution >= 4 is 11.9 Å². The second kappa shape index (κ2) is 8.50. The van der Waals surface area contributed by atoms with Gasteiger partial charge >= 0.3 is 12.3 Å². The highest BCUT2D eigenvalue weighted by Crippen LogP contribution is 2.29. The van der Waals surface area contributed by atoms with Crippen LogP contribution >= 0.6 is 0 Å². The Morgan fingerprint density at radius 2 is 1.79 bits per heavy atom. The van der Waals surface area contributed by atoms with E-state index in [1.807, 2.05) is 42.2 Å². The van der Waals surface area contributed by atoms with Gasteiger partial charge in [0, 0.05) is 38.3 Å². The number of hydrogen-bond donors (Lipinski definition) is 0. The van der Waals surface area contributed by atoms with Crippen LogP contribution in [0.1, 0.15) is 24.0 Å². The van der Waals surface area contributed by atoms with Gasteiger partial charge in [-0.3, -0.25) is 0 Å². The summed E-state index contributed by atoms with van der Waals surface area (Å²) in [5, 5.41) is 0. The van der Waals surface area contributed by atoms with E-state index in [0.29, 0.717) is 38.6 Å². The van der Waals surface area contributed by atoms with E-state index in [1.165, 1.54) is 6.07 Å². The van der Waals surface area contributed by atoms with Crippen LogP contribution in [0, 0.1) is 0 Å². The van der Waals surface area contributed by atoms with E-state index in [1.54, 1.807) is 4.90 Å². The lowest BCUT2D eigenvalue weighted by Gasteiger charge is -2.35. The monoisotopic (exact) mass is 393 g/mol. The van der Waals surface area contributed by atoms with Gasteiger partial charge in [-0.2, -0.15) is 13.2 Å². The quantitative estimate of drug-likeness (QED) is 0.783. The molecule has 1 fully saturated rings. The van der Waals surface area contributed by atoms with Crippen molar-refractivity contribution in [1.82, 2.24) is 9.88 Å². The molecular formula is C20H22F3N3O2. The smallest absolute Gasteiger partial charge is 0.417 e. The molecule has 1 atom stereocenters. The first-order chi connectivity index (χ1) is 13.3. The van der Waals surface area contributed by atoms with Gasteiger partial charge in [-0.1, -0.05) is 37.3 Å². The van der Waals surface area contributed by atoms with Crippen LogP contribution in [0.3, 0.4) is 0 Å². The summed E-state index contributed by atoms with van der Waals surface area (Å²) in [6.07, 6.45) is -3.94. The summed E-state index contributed by atoms with van der Waals surface area (Å²) in [7, 11) is 0. The Morgan fingerprint density at radius 3 is 2.36 bits per heavy atom. The van der Waals surface area contributed by atoms with Crippen molar-refractivity contribution in [2.45, 2.75) is 19.0 Å². The van der Waals surface area contributed by atoms with E-state index in [2.05, 4.69) is 4.98 Å². The zero-order valence-electron chi connectivity index (χ0n) is 15.5. The molecule has 0 aliphatic carbocycles. The van der Waals surface area contributed by atoms with Crippen molar-refractivity contribution in [3.63, 3.8) is 0 Å². The molecule has 0 N–H and O–H groups in total. The van der Waals surface area contributed by atoms with E-state index in [9.17, 15) is 18.0 Å². The van der Waals surface area contributed by atoms with Gasteiger partial charge in [0.25, 0.3) is 0 Å². The maximum absolute atomic E-state index is 12.6. The number of aromatic nitrogens is 1. The Labute approximate surface area is 161 Å². The number of nitrogens with zero attached hydrogens (tertiary/aromatic N) is 3. The molecule has 1 saturated heterocycles. The predicted molar refractivity (Wildman–Crippen MR) is 99.2 cm³/mol. The predicted octanol–water partition coefficient (Wildman–Crippen LogP) is 4.16. The molecule has 1 amide bonds. The van der Waals surface area contributed by atoms with Crippen LogP contribution in [-0.2, 0) is 10.9 Å². The first-order valence-corrected chi connectivity index (χ1v) is 9.09. The largest absolute Gasteiger partial charge is 0.449 e. The van der Waals surface area contributed by atoms with Gasteiger partial charge in [-0.25, -0.2) is 9.78 Å². The molecule has 1 aromatic carbocycles. The van der Waals surface area contributed by atoms with E-state index in [-0.39, 0.29) is 12.0 Å². The van der Waals surface area contributed by atoms with Crippen molar-refractivity contribution in [3.8, 4) is 0 Å². The molecule has 1 aromatic heterocycles. The Hall–Kier alpha value is -2.77. The fourth-order valence-corrected chi connectivity index (χ4v) is 3.02. The molecular weight excluding hydrogens is 371 g/mol. The second-order valence-corrected chi connectivity index (χ2v) is 6.77. The number of carbonyl (C=O) groups excluding carboxylic acids is 1. The van der Waals surface area contributed by atoms with Gasteiger partial charge in [-0.15, -0.1) is 0 Å². The molecule has 0 radical (unpaired) electrons. The molecule has 28 heavy (non-hydrogen) atoms. The Bertz CT molecular complexity index is 774. The van der Waals surface area contributed by atoms with E-state index < -0.39 is 11.7 Å². The van der Waals surface area contributed by atoms with Crippen LogP contribution < -0.4 is 4.90 Å². The number of anilines is 1. The SMILES string of the molecule is CC(COC(=O)N1CCN(c2ccc(C(F)(F)F)cn2)CC1)c1ccccc1. The summed E-state index contributed by atoms with van der Waals surface area (Å²) in [6, 6.07) is 12.2. The molecule has 0 saturated carbocycles. The van der Waals surface area contributed by atoms with Gasteiger partial charge in [0.15, 0.2) is 0 Å². The van der Waals surface area contributed by atoms with Crippen molar-refractivity contribution in [2.24, 2.45) is 0 Å². The minimum absolute atomic E-state index is 0.0998. The number of amides is 1. The molecule has 2 aromatic rings. The molecule has 3 rings (SSSR count). The summed E-state index contributed by atoms with van der Waals surface area (Å²) in [6.45, 7) is 4.13. The Balaban J connectivity index is 1.47. The highest BCUT2D eigenvalue weighted by atomic mass is 19.4. The third kappa shape index (κ3) is 4.94. The molecule has 5 nitrogen and oxygen atoms in total.